The molecule has 2 rings (SSSR count). The average Bonchev–Trinajstić information content (AvgIpc) is 2.36. The van der Waals surface area contributed by atoms with E-state index in [0.717, 1.165) is 23.5 Å². The number of fused-ring (bicyclic) bond motifs is 1. The smallest absolute Gasteiger partial charge is 0.131 e. The normalized spacial score (nSPS) is 15.8. The molecule has 0 aliphatic carbocycles. The number of rotatable bonds is 5. The fourth-order valence-electron chi connectivity index (χ4n) is 2.40. The lowest BCUT2D eigenvalue weighted by Crippen LogP contribution is -2.27. The fraction of sp³-hybridized carbons (Fsp3) is 0.529. The van der Waals surface area contributed by atoms with Gasteiger partial charge in [-0.15, -0.1) is 0 Å². The van der Waals surface area contributed by atoms with Crippen LogP contribution in [0.15, 0.2) is 18.2 Å². The molecule has 1 aromatic carbocycles. The van der Waals surface area contributed by atoms with Crippen LogP contribution in [0.1, 0.15) is 51.2 Å². The first-order valence-electron chi connectivity index (χ1n) is 7.15. The van der Waals surface area contributed by atoms with Gasteiger partial charge in [-0.1, -0.05) is 19.8 Å². The number of benzene rings is 1. The third kappa shape index (κ3) is 3.31. The number of hydrogen-bond acceptors (Lipinski definition) is 2. The van der Waals surface area contributed by atoms with Crippen molar-refractivity contribution in [1.29, 1.82) is 0 Å². The van der Waals surface area contributed by atoms with E-state index in [2.05, 4.69) is 45.1 Å². The van der Waals surface area contributed by atoms with Gasteiger partial charge in [-0.2, -0.15) is 0 Å². The number of hydrogen-bond donors (Lipinski definition) is 0. The van der Waals surface area contributed by atoms with E-state index in [-0.39, 0.29) is 5.60 Å². The summed E-state index contributed by atoms with van der Waals surface area (Å²) in [7, 11) is 1.72. The zero-order chi connectivity index (χ0) is 13.9. The van der Waals surface area contributed by atoms with E-state index < -0.39 is 0 Å². The molecular formula is C17H24O2. The van der Waals surface area contributed by atoms with Gasteiger partial charge >= 0.3 is 0 Å². The van der Waals surface area contributed by atoms with E-state index in [0.29, 0.717) is 0 Å². The van der Waals surface area contributed by atoms with Crippen LogP contribution in [0.3, 0.4) is 0 Å². The maximum Gasteiger partial charge on any atom is 0.131 e. The lowest BCUT2D eigenvalue weighted by molar-refractivity contribution is 0.158. The van der Waals surface area contributed by atoms with Crippen LogP contribution in [-0.2, 0) is 6.42 Å². The molecule has 0 radical (unpaired) electrons. The van der Waals surface area contributed by atoms with Gasteiger partial charge in [0.2, 0.25) is 0 Å². The Morgan fingerprint density at radius 2 is 2.00 bits per heavy atom. The Morgan fingerprint density at radius 1 is 1.21 bits per heavy atom. The highest BCUT2D eigenvalue weighted by Gasteiger charge is 2.24. The van der Waals surface area contributed by atoms with Gasteiger partial charge in [0.25, 0.3) is 0 Å². The van der Waals surface area contributed by atoms with Gasteiger partial charge in [-0.05, 0) is 56.5 Å². The maximum absolute atomic E-state index is 6.04. The van der Waals surface area contributed by atoms with Crippen LogP contribution >= 0.6 is 0 Å². The summed E-state index contributed by atoms with van der Waals surface area (Å²) in [6, 6.07) is 4.30. The highest BCUT2D eigenvalue weighted by molar-refractivity contribution is 5.68. The second-order valence-electron chi connectivity index (χ2n) is 5.71. The van der Waals surface area contributed by atoms with Gasteiger partial charge in [0.15, 0.2) is 0 Å². The average molecular weight is 260 g/mol. The standard InChI is InChI=1S/C17H24O2/c1-5-6-7-8-13-11-15(18-4)14-9-10-17(2,3)19-16(14)12-13/h9-12H,5-8H2,1-4H3. The Labute approximate surface area is 116 Å². The lowest BCUT2D eigenvalue weighted by Gasteiger charge is -2.29. The molecule has 0 spiro atoms. The fourth-order valence-corrected chi connectivity index (χ4v) is 2.40. The molecule has 0 N–H and O–H groups in total. The predicted octanol–water partition coefficient (Wildman–Crippen LogP) is 4.61. The Hall–Kier alpha value is -1.44. The molecule has 0 aromatic heterocycles. The SMILES string of the molecule is CCCCCc1cc(OC)c2c(c1)OC(C)(C)C=C2. The molecule has 0 saturated carbocycles. The predicted molar refractivity (Wildman–Crippen MR) is 80.0 cm³/mol. The second kappa shape index (κ2) is 5.68. The van der Waals surface area contributed by atoms with E-state index in [1.807, 2.05) is 0 Å². The summed E-state index contributed by atoms with van der Waals surface area (Å²) in [6.07, 6.45) is 9.00. The van der Waals surface area contributed by atoms with Crippen LogP contribution in [0.5, 0.6) is 11.5 Å². The largest absolute Gasteiger partial charge is 0.496 e. The monoisotopic (exact) mass is 260 g/mol. The third-order valence-electron chi connectivity index (χ3n) is 3.48. The molecule has 0 unspecified atom stereocenters. The minimum absolute atomic E-state index is 0.236. The van der Waals surface area contributed by atoms with Gasteiger partial charge in [0, 0.05) is 0 Å². The van der Waals surface area contributed by atoms with Crippen LogP contribution in [-0.4, -0.2) is 12.7 Å². The summed E-state index contributed by atoms with van der Waals surface area (Å²) >= 11 is 0. The van der Waals surface area contributed by atoms with Crippen molar-refractivity contribution in [3.8, 4) is 11.5 Å². The highest BCUT2D eigenvalue weighted by atomic mass is 16.5. The van der Waals surface area contributed by atoms with Crippen molar-refractivity contribution in [2.24, 2.45) is 0 Å². The number of unbranched alkanes of at least 4 members (excludes halogenated alkanes) is 2. The quantitative estimate of drug-likeness (QED) is 0.720. The summed E-state index contributed by atoms with van der Waals surface area (Å²) in [5.74, 6) is 1.86. The van der Waals surface area contributed by atoms with Crippen LogP contribution in [0.4, 0.5) is 0 Å². The maximum atomic E-state index is 6.04. The van der Waals surface area contributed by atoms with Crippen LogP contribution in [0.25, 0.3) is 6.08 Å². The van der Waals surface area contributed by atoms with Gasteiger partial charge in [0.1, 0.15) is 17.1 Å². The van der Waals surface area contributed by atoms with Gasteiger partial charge in [-0.3, -0.25) is 0 Å². The molecule has 1 aliphatic heterocycles. The van der Waals surface area contributed by atoms with Crippen LogP contribution < -0.4 is 9.47 Å². The summed E-state index contributed by atoms with van der Waals surface area (Å²) in [4.78, 5) is 0. The summed E-state index contributed by atoms with van der Waals surface area (Å²) in [6.45, 7) is 6.37. The molecule has 1 aromatic rings. The molecular weight excluding hydrogens is 236 g/mol. The molecule has 2 heteroatoms. The Kier molecular flexibility index (Phi) is 4.18. The minimum Gasteiger partial charge on any atom is -0.496 e. The Balaban J connectivity index is 2.28. The highest BCUT2D eigenvalue weighted by Crippen LogP contribution is 2.38. The van der Waals surface area contributed by atoms with Gasteiger partial charge < -0.3 is 9.47 Å². The third-order valence-corrected chi connectivity index (χ3v) is 3.48. The number of aryl methyl sites for hydroxylation is 1. The molecule has 1 heterocycles. The Morgan fingerprint density at radius 3 is 2.68 bits per heavy atom. The van der Waals surface area contributed by atoms with Crippen molar-refractivity contribution in [3.05, 3.63) is 29.3 Å². The topological polar surface area (TPSA) is 18.5 Å². The van der Waals surface area contributed by atoms with Crippen molar-refractivity contribution in [2.75, 3.05) is 7.11 Å². The van der Waals surface area contributed by atoms with Gasteiger partial charge in [-0.25, -0.2) is 0 Å². The molecule has 2 nitrogen and oxygen atoms in total. The summed E-state index contributed by atoms with van der Waals surface area (Å²) in [5, 5.41) is 0. The minimum atomic E-state index is -0.236. The summed E-state index contributed by atoms with van der Waals surface area (Å²) in [5.41, 5.74) is 2.12. The molecule has 0 bridgehead atoms. The molecule has 0 atom stereocenters. The van der Waals surface area contributed by atoms with Crippen molar-refractivity contribution >= 4 is 6.08 Å². The number of ether oxygens (including phenoxy) is 2. The van der Waals surface area contributed by atoms with Crippen LogP contribution in [0.2, 0.25) is 0 Å². The zero-order valence-electron chi connectivity index (χ0n) is 12.5. The van der Waals surface area contributed by atoms with Crippen molar-refractivity contribution in [2.45, 2.75) is 52.1 Å². The Bertz CT molecular complexity index is 472. The van der Waals surface area contributed by atoms with E-state index >= 15 is 0 Å². The molecule has 104 valence electrons. The van der Waals surface area contributed by atoms with Crippen molar-refractivity contribution in [1.82, 2.24) is 0 Å². The van der Waals surface area contributed by atoms with E-state index in [1.165, 1.54) is 24.8 Å². The molecule has 19 heavy (non-hydrogen) atoms. The van der Waals surface area contributed by atoms with E-state index in [4.69, 9.17) is 9.47 Å². The molecule has 1 aliphatic rings. The first-order valence-corrected chi connectivity index (χ1v) is 7.15. The van der Waals surface area contributed by atoms with E-state index in [9.17, 15) is 0 Å². The molecule has 0 fully saturated rings. The van der Waals surface area contributed by atoms with Gasteiger partial charge in [0.05, 0.1) is 12.7 Å². The molecule has 0 saturated heterocycles. The van der Waals surface area contributed by atoms with E-state index in [1.54, 1.807) is 7.11 Å². The zero-order valence-corrected chi connectivity index (χ0v) is 12.5. The second-order valence-corrected chi connectivity index (χ2v) is 5.71. The van der Waals surface area contributed by atoms with Crippen molar-refractivity contribution < 1.29 is 9.47 Å². The molecule has 0 amide bonds. The summed E-state index contributed by atoms with van der Waals surface area (Å²) < 4.78 is 11.5. The first kappa shape index (κ1) is 14.0. The van der Waals surface area contributed by atoms with Crippen molar-refractivity contribution in [3.63, 3.8) is 0 Å². The van der Waals surface area contributed by atoms with Crippen LogP contribution in [0, 0.1) is 0 Å². The number of methoxy groups -OCH3 is 1. The lowest BCUT2D eigenvalue weighted by atomic mass is 9.98. The first-order chi connectivity index (χ1) is 9.05.